The van der Waals surface area contributed by atoms with Gasteiger partial charge in [-0.05, 0) is 37.3 Å². The van der Waals surface area contributed by atoms with Crippen LogP contribution in [0.4, 0.5) is 5.69 Å². The second-order valence-corrected chi connectivity index (χ2v) is 5.22. The van der Waals surface area contributed by atoms with Crippen LogP contribution < -0.4 is 10.5 Å². The quantitative estimate of drug-likeness (QED) is 0.747. The van der Waals surface area contributed by atoms with E-state index in [9.17, 15) is 9.59 Å². The first-order valence-corrected chi connectivity index (χ1v) is 7.45. The lowest BCUT2D eigenvalue weighted by Gasteiger charge is -2.21. The number of fused-ring (bicyclic) bond motifs is 1. The first kappa shape index (κ1) is 15.0. The lowest BCUT2D eigenvalue weighted by molar-refractivity contribution is 0.0986. The normalized spacial score (nSPS) is 10.7. The molecule has 116 valence electrons. The molecule has 1 aromatic carbocycles. The Bertz CT molecular complexity index is 916. The van der Waals surface area contributed by atoms with E-state index in [-0.39, 0.29) is 17.0 Å². The van der Waals surface area contributed by atoms with Crippen LogP contribution in [0, 0.1) is 0 Å². The van der Waals surface area contributed by atoms with E-state index in [4.69, 9.17) is 0 Å². The molecule has 3 aromatic rings. The highest BCUT2D eigenvalue weighted by molar-refractivity contribution is 6.07. The maximum absolute atomic E-state index is 12.9. The van der Waals surface area contributed by atoms with Crippen LogP contribution in [0.15, 0.2) is 59.5 Å². The summed E-state index contributed by atoms with van der Waals surface area (Å²) in [4.78, 5) is 31.2. The number of nitrogens with zero attached hydrogens (tertiary/aromatic N) is 3. The molecule has 0 radical (unpaired) electrons. The van der Waals surface area contributed by atoms with Crippen molar-refractivity contribution < 1.29 is 4.79 Å². The minimum absolute atomic E-state index is 0.152. The van der Waals surface area contributed by atoms with Crippen LogP contribution in [-0.2, 0) is 7.05 Å². The van der Waals surface area contributed by atoms with Crippen LogP contribution >= 0.6 is 0 Å². The van der Waals surface area contributed by atoms with Crippen molar-refractivity contribution in [1.82, 2.24) is 9.55 Å². The fourth-order valence-corrected chi connectivity index (χ4v) is 2.65. The van der Waals surface area contributed by atoms with Gasteiger partial charge in [0.25, 0.3) is 11.5 Å². The first-order chi connectivity index (χ1) is 11.1. The van der Waals surface area contributed by atoms with Gasteiger partial charge in [-0.3, -0.25) is 14.2 Å². The monoisotopic (exact) mass is 307 g/mol. The third kappa shape index (κ3) is 2.61. The molecule has 0 atom stereocenters. The molecule has 0 saturated carbocycles. The second kappa shape index (κ2) is 6.04. The molecule has 2 aromatic heterocycles. The SMILES string of the molecule is CCN(C(=O)c1cc2cccnc2n(C)c1=O)c1ccccc1. The zero-order valence-corrected chi connectivity index (χ0v) is 13.1. The van der Waals surface area contributed by atoms with Crippen molar-refractivity contribution >= 4 is 22.6 Å². The highest BCUT2D eigenvalue weighted by atomic mass is 16.2. The average Bonchev–Trinajstić information content (AvgIpc) is 2.59. The highest BCUT2D eigenvalue weighted by Crippen LogP contribution is 2.17. The van der Waals surface area contributed by atoms with Crippen molar-refractivity contribution in [2.45, 2.75) is 6.92 Å². The van der Waals surface area contributed by atoms with Gasteiger partial charge in [0, 0.05) is 30.9 Å². The van der Waals surface area contributed by atoms with Crippen LogP contribution in [-0.4, -0.2) is 22.0 Å². The molecule has 0 bridgehead atoms. The van der Waals surface area contributed by atoms with Crippen molar-refractivity contribution in [3.63, 3.8) is 0 Å². The van der Waals surface area contributed by atoms with Gasteiger partial charge in [0.2, 0.25) is 0 Å². The van der Waals surface area contributed by atoms with Gasteiger partial charge in [0.05, 0.1) is 0 Å². The van der Waals surface area contributed by atoms with Crippen LogP contribution in [0.5, 0.6) is 0 Å². The number of aryl methyl sites for hydroxylation is 1. The summed E-state index contributed by atoms with van der Waals surface area (Å²) >= 11 is 0. The van der Waals surface area contributed by atoms with Crippen LogP contribution in [0.2, 0.25) is 0 Å². The van der Waals surface area contributed by atoms with Gasteiger partial charge in [0.1, 0.15) is 11.2 Å². The summed E-state index contributed by atoms with van der Waals surface area (Å²) in [5.74, 6) is -0.301. The fraction of sp³-hybridized carbons (Fsp3) is 0.167. The summed E-state index contributed by atoms with van der Waals surface area (Å²) in [5.41, 5.74) is 1.15. The Kier molecular flexibility index (Phi) is 3.93. The van der Waals surface area contributed by atoms with Gasteiger partial charge < -0.3 is 4.90 Å². The van der Waals surface area contributed by atoms with E-state index < -0.39 is 0 Å². The summed E-state index contributed by atoms with van der Waals surface area (Å²) < 4.78 is 1.42. The molecule has 0 saturated heterocycles. The van der Waals surface area contributed by atoms with Crippen LogP contribution in [0.3, 0.4) is 0 Å². The summed E-state index contributed by atoms with van der Waals surface area (Å²) in [6.45, 7) is 2.37. The van der Waals surface area contributed by atoms with E-state index in [2.05, 4.69) is 4.98 Å². The lowest BCUT2D eigenvalue weighted by Crippen LogP contribution is -2.36. The molecular formula is C18H17N3O2. The molecule has 0 aliphatic heterocycles. The zero-order valence-electron chi connectivity index (χ0n) is 13.1. The Balaban J connectivity index is 2.14. The van der Waals surface area contributed by atoms with Crippen molar-refractivity contribution in [2.75, 3.05) is 11.4 Å². The smallest absolute Gasteiger partial charge is 0.264 e. The van der Waals surface area contributed by atoms with E-state index in [0.717, 1.165) is 11.1 Å². The molecule has 3 rings (SSSR count). The van der Waals surface area contributed by atoms with Crippen molar-refractivity contribution in [3.8, 4) is 0 Å². The third-order valence-electron chi connectivity index (χ3n) is 3.83. The van der Waals surface area contributed by atoms with E-state index in [1.807, 2.05) is 43.3 Å². The van der Waals surface area contributed by atoms with Gasteiger partial charge in [-0.25, -0.2) is 4.98 Å². The fourth-order valence-electron chi connectivity index (χ4n) is 2.65. The number of para-hydroxylation sites is 1. The zero-order chi connectivity index (χ0) is 16.4. The number of hydrogen-bond donors (Lipinski definition) is 0. The van der Waals surface area contributed by atoms with Crippen molar-refractivity contribution in [1.29, 1.82) is 0 Å². The maximum atomic E-state index is 12.9. The number of pyridine rings is 2. The number of carbonyl (C=O) groups is 1. The molecule has 2 heterocycles. The number of aromatic nitrogens is 2. The molecule has 5 heteroatoms. The molecule has 0 N–H and O–H groups in total. The molecule has 23 heavy (non-hydrogen) atoms. The van der Waals surface area contributed by atoms with E-state index in [1.54, 1.807) is 30.3 Å². The molecule has 0 fully saturated rings. The molecule has 0 unspecified atom stereocenters. The van der Waals surface area contributed by atoms with E-state index in [1.165, 1.54) is 4.57 Å². The van der Waals surface area contributed by atoms with Gasteiger partial charge >= 0.3 is 0 Å². The highest BCUT2D eigenvalue weighted by Gasteiger charge is 2.21. The number of anilines is 1. The standard InChI is InChI=1S/C18H17N3O2/c1-3-21(14-9-5-4-6-10-14)18(23)15-12-13-8-7-11-19-16(13)20(2)17(15)22/h4-12H,3H2,1-2H3. The number of hydrogen-bond acceptors (Lipinski definition) is 3. The van der Waals surface area contributed by atoms with Gasteiger partial charge in [-0.15, -0.1) is 0 Å². The predicted molar refractivity (Wildman–Crippen MR) is 90.8 cm³/mol. The Morgan fingerprint density at radius 3 is 2.61 bits per heavy atom. The number of amides is 1. The van der Waals surface area contributed by atoms with Crippen LogP contribution in [0.25, 0.3) is 11.0 Å². The van der Waals surface area contributed by atoms with Gasteiger partial charge in [-0.1, -0.05) is 18.2 Å². The molecule has 1 amide bonds. The van der Waals surface area contributed by atoms with Crippen molar-refractivity contribution in [2.24, 2.45) is 7.05 Å². The van der Waals surface area contributed by atoms with Crippen LogP contribution in [0.1, 0.15) is 17.3 Å². The van der Waals surface area contributed by atoms with Gasteiger partial charge in [0.15, 0.2) is 0 Å². The third-order valence-corrected chi connectivity index (χ3v) is 3.83. The minimum Gasteiger partial charge on any atom is -0.308 e. The Morgan fingerprint density at radius 1 is 1.17 bits per heavy atom. The molecule has 5 nitrogen and oxygen atoms in total. The molecule has 0 aliphatic rings. The lowest BCUT2D eigenvalue weighted by atomic mass is 10.1. The minimum atomic E-state index is -0.337. The molecule has 0 spiro atoms. The summed E-state index contributed by atoms with van der Waals surface area (Å²) in [7, 11) is 1.63. The maximum Gasteiger partial charge on any atom is 0.264 e. The number of carbonyl (C=O) groups excluding carboxylic acids is 1. The summed E-state index contributed by atoms with van der Waals surface area (Å²) in [5, 5.41) is 0.766. The average molecular weight is 307 g/mol. The Labute approximate surface area is 133 Å². The largest absolute Gasteiger partial charge is 0.308 e. The van der Waals surface area contributed by atoms with E-state index in [0.29, 0.717) is 12.2 Å². The Morgan fingerprint density at radius 2 is 1.91 bits per heavy atom. The number of benzene rings is 1. The molecule has 0 aliphatic carbocycles. The van der Waals surface area contributed by atoms with Crippen molar-refractivity contribution in [3.05, 3.63) is 70.6 Å². The summed E-state index contributed by atoms with van der Waals surface area (Å²) in [6, 6.07) is 14.6. The molecular weight excluding hydrogens is 290 g/mol. The first-order valence-electron chi connectivity index (χ1n) is 7.45. The summed E-state index contributed by atoms with van der Waals surface area (Å²) in [6.07, 6.45) is 1.63. The topological polar surface area (TPSA) is 55.2 Å². The van der Waals surface area contributed by atoms with Gasteiger partial charge in [-0.2, -0.15) is 0 Å². The predicted octanol–water partition coefficient (Wildman–Crippen LogP) is 2.60. The number of rotatable bonds is 3. The second-order valence-electron chi connectivity index (χ2n) is 5.22. The Hall–Kier alpha value is -2.95. The van der Waals surface area contributed by atoms with E-state index >= 15 is 0 Å².